The molecular weight excluding hydrogens is 421 g/mol. The molecule has 0 radical (unpaired) electrons. The minimum atomic E-state index is -0.558. The first-order chi connectivity index (χ1) is 15.9. The predicted octanol–water partition coefficient (Wildman–Crippen LogP) is 2.51. The second kappa shape index (κ2) is 8.62. The van der Waals surface area contributed by atoms with E-state index in [1.54, 1.807) is 0 Å². The predicted molar refractivity (Wildman–Crippen MR) is 127 cm³/mol. The van der Waals surface area contributed by atoms with Crippen LogP contribution in [0.2, 0.25) is 0 Å². The number of aryl methyl sites for hydroxylation is 1. The van der Waals surface area contributed by atoms with Gasteiger partial charge < -0.3 is 26.2 Å². The van der Waals surface area contributed by atoms with Crippen molar-refractivity contribution in [2.75, 3.05) is 48.8 Å². The van der Waals surface area contributed by atoms with E-state index in [1.807, 2.05) is 12.1 Å². The summed E-state index contributed by atoms with van der Waals surface area (Å²) in [4.78, 5) is 25.2. The van der Waals surface area contributed by atoms with Crippen LogP contribution in [0.25, 0.3) is 0 Å². The van der Waals surface area contributed by atoms with E-state index >= 15 is 0 Å². The molecule has 8 nitrogen and oxygen atoms in total. The number of fused-ring (bicyclic) bond motifs is 2. The van der Waals surface area contributed by atoms with Crippen molar-refractivity contribution in [3.05, 3.63) is 47.9 Å². The van der Waals surface area contributed by atoms with Crippen LogP contribution in [-0.4, -0.2) is 60.0 Å². The molecule has 1 saturated heterocycles. The van der Waals surface area contributed by atoms with Crippen LogP contribution in [0.15, 0.2) is 36.5 Å². The molecule has 2 heterocycles. The van der Waals surface area contributed by atoms with Crippen LogP contribution in [0.3, 0.4) is 0 Å². The summed E-state index contributed by atoms with van der Waals surface area (Å²) in [5, 5.41) is 6.32. The largest absolute Gasteiger partial charge is 0.369 e. The Hall–Kier alpha value is -3.20. The van der Waals surface area contributed by atoms with Crippen LogP contribution in [0.4, 0.5) is 27.5 Å². The van der Waals surface area contributed by atoms with E-state index in [0.29, 0.717) is 5.95 Å². The van der Waals surface area contributed by atoms with Crippen LogP contribution in [0.1, 0.15) is 12.0 Å². The zero-order valence-electron chi connectivity index (χ0n) is 19.0. The number of primary amides is 1. The van der Waals surface area contributed by atoms with Crippen LogP contribution in [0, 0.1) is 30.5 Å². The molecule has 9 heteroatoms. The summed E-state index contributed by atoms with van der Waals surface area (Å²) in [7, 11) is 2.14. The molecule has 4 atom stereocenters. The average molecular weight is 452 g/mol. The second-order valence-corrected chi connectivity index (χ2v) is 9.35. The van der Waals surface area contributed by atoms with Gasteiger partial charge in [0.25, 0.3) is 0 Å². The summed E-state index contributed by atoms with van der Waals surface area (Å²) in [6, 6.07) is 5.88. The van der Waals surface area contributed by atoms with E-state index in [2.05, 4.69) is 62.6 Å². The lowest BCUT2D eigenvalue weighted by molar-refractivity contribution is -0.122. The van der Waals surface area contributed by atoms with Crippen LogP contribution >= 0.6 is 0 Å². The monoisotopic (exact) mass is 451 g/mol. The number of allylic oxidation sites excluding steroid dienone is 1. The molecule has 2 fully saturated rings. The number of carbonyl (C=O) groups is 1. The number of nitrogens with one attached hydrogen (secondary N) is 2. The summed E-state index contributed by atoms with van der Waals surface area (Å²) < 4.78 is 14.5. The van der Waals surface area contributed by atoms with Gasteiger partial charge in [0.15, 0.2) is 11.6 Å². The highest BCUT2D eigenvalue weighted by Gasteiger charge is 2.47. The van der Waals surface area contributed by atoms with Gasteiger partial charge in [-0.15, -0.1) is 0 Å². The summed E-state index contributed by atoms with van der Waals surface area (Å²) in [5.41, 5.74) is 8.84. The fourth-order valence-electron chi connectivity index (χ4n) is 5.36. The summed E-state index contributed by atoms with van der Waals surface area (Å²) in [6.07, 6.45) is 6.11. The number of halogens is 1. The minimum Gasteiger partial charge on any atom is -0.369 e. The SMILES string of the molecule is Cc1cc(Nc2ncc(F)c(N[C@H]3[C@@H](C(N)=O)[C@H]4C=C[C@@H]3C4)n2)ccc1N1CCN(C)CC1. The third kappa shape index (κ3) is 4.25. The number of carbonyl (C=O) groups excluding carboxylic acids is 1. The van der Waals surface area contributed by atoms with Crippen molar-refractivity contribution in [1.82, 2.24) is 14.9 Å². The number of anilines is 4. The van der Waals surface area contributed by atoms with Crippen molar-refractivity contribution < 1.29 is 9.18 Å². The van der Waals surface area contributed by atoms with E-state index < -0.39 is 5.82 Å². The van der Waals surface area contributed by atoms with E-state index in [9.17, 15) is 9.18 Å². The van der Waals surface area contributed by atoms with Gasteiger partial charge in [0.1, 0.15) is 0 Å². The Morgan fingerprint density at radius 3 is 2.67 bits per heavy atom. The van der Waals surface area contributed by atoms with Gasteiger partial charge in [0.05, 0.1) is 12.1 Å². The molecule has 33 heavy (non-hydrogen) atoms. The molecule has 1 aromatic carbocycles. The molecule has 5 rings (SSSR count). The maximum Gasteiger partial charge on any atom is 0.229 e. The summed E-state index contributed by atoms with van der Waals surface area (Å²) >= 11 is 0. The Bertz CT molecular complexity index is 1080. The van der Waals surface area contributed by atoms with E-state index in [0.717, 1.165) is 50.0 Å². The van der Waals surface area contributed by atoms with Gasteiger partial charge in [-0.05, 0) is 56.0 Å². The molecule has 1 saturated carbocycles. The van der Waals surface area contributed by atoms with Gasteiger partial charge in [-0.25, -0.2) is 9.37 Å². The van der Waals surface area contributed by atoms with E-state index in [1.165, 1.54) is 5.69 Å². The van der Waals surface area contributed by atoms with Gasteiger partial charge in [0, 0.05) is 43.6 Å². The van der Waals surface area contributed by atoms with Crippen molar-refractivity contribution in [3.63, 3.8) is 0 Å². The van der Waals surface area contributed by atoms with Gasteiger partial charge in [0.2, 0.25) is 11.9 Å². The highest BCUT2D eigenvalue weighted by Crippen LogP contribution is 2.44. The number of benzene rings is 1. The average Bonchev–Trinajstić information content (AvgIpc) is 3.39. The van der Waals surface area contributed by atoms with Gasteiger partial charge in [-0.1, -0.05) is 12.2 Å². The third-order valence-electron chi connectivity index (χ3n) is 7.13. The van der Waals surface area contributed by atoms with Crippen LogP contribution in [-0.2, 0) is 4.79 Å². The van der Waals surface area contributed by atoms with Crippen molar-refractivity contribution >= 4 is 29.0 Å². The molecule has 2 bridgehead atoms. The van der Waals surface area contributed by atoms with E-state index in [4.69, 9.17) is 5.73 Å². The standard InChI is InChI=1S/C24H30FN7O/c1-14-11-17(5-6-19(14)32-9-7-31(2)8-10-32)28-24-27-13-18(25)23(30-24)29-21-16-4-3-15(12-16)20(21)22(26)33/h3-6,11,13,15-16,20-21H,7-10,12H2,1-2H3,(H2,26,33)(H2,27,28,29,30)/t15-,16+,20-,21+/m0/s1. The van der Waals surface area contributed by atoms with E-state index in [-0.39, 0.29) is 35.5 Å². The number of hydrogen-bond donors (Lipinski definition) is 3. The molecule has 1 amide bonds. The third-order valence-corrected chi connectivity index (χ3v) is 7.13. The molecule has 2 aliphatic carbocycles. The van der Waals surface area contributed by atoms with Gasteiger partial charge >= 0.3 is 0 Å². The van der Waals surface area contributed by atoms with Crippen molar-refractivity contribution in [3.8, 4) is 0 Å². The maximum absolute atomic E-state index is 14.5. The fourth-order valence-corrected chi connectivity index (χ4v) is 5.36. The first kappa shape index (κ1) is 21.6. The Kier molecular flexibility index (Phi) is 5.65. The molecule has 2 aromatic rings. The number of amides is 1. The normalized spacial score (nSPS) is 26.6. The second-order valence-electron chi connectivity index (χ2n) is 9.35. The van der Waals surface area contributed by atoms with Crippen molar-refractivity contribution in [1.29, 1.82) is 0 Å². The highest BCUT2D eigenvalue weighted by atomic mass is 19.1. The zero-order valence-corrected chi connectivity index (χ0v) is 19.0. The molecule has 3 aliphatic rings. The molecule has 4 N–H and O–H groups in total. The number of rotatable bonds is 6. The maximum atomic E-state index is 14.5. The topological polar surface area (TPSA) is 99.4 Å². The van der Waals surface area contributed by atoms with Crippen LogP contribution < -0.4 is 21.3 Å². The Morgan fingerprint density at radius 1 is 1.18 bits per heavy atom. The Morgan fingerprint density at radius 2 is 1.94 bits per heavy atom. The van der Waals surface area contributed by atoms with Gasteiger partial charge in [-0.3, -0.25) is 4.79 Å². The summed E-state index contributed by atoms with van der Waals surface area (Å²) in [6.45, 7) is 6.20. The first-order valence-electron chi connectivity index (χ1n) is 11.5. The highest BCUT2D eigenvalue weighted by molar-refractivity contribution is 5.79. The number of nitrogens with two attached hydrogens (primary N) is 1. The van der Waals surface area contributed by atoms with Crippen molar-refractivity contribution in [2.45, 2.75) is 19.4 Å². The van der Waals surface area contributed by atoms with Crippen molar-refractivity contribution in [2.24, 2.45) is 23.5 Å². The quantitative estimate of drug-likeness (QED) is 0.581. The Balaban J connectivity index is 1.31. The summed E-state index contributed by atoms with van der Waals surface area (Å²) in [5.74, 6) is -0.673. The Labute approximate surface area is 193 Å². The number of aromatic nitrogens is 2. The lowest BCUT2D eigenvalue weighted by atomic mass is 9.88. The first-order valence-corrected chi connectivity index (χ1v) is 11.5. The number of piperazine rings is 1. The molecule has 0 unspecified atom stereocenters. The molecular formula is C24H30FN7O. The lowest BCUT2D eigenvalue weighted by Crippen LogP contribution is -2.44. The molecule has 1 aliphatic heterocycles. The number of likely N-dealkylation sites (N-methyl/N-ethyl adjacent to an activating group) is 1. The molecule has 1 aromatic heterocycles. The zero-order chi connectivity index (χ0) is 23.1. The fraction of sp³-hybridized carbons (Fsp3) is 0.458. The smallest absolute Gasteiger partial charge is 0.229 e. The molecule has 174 valence electrons. The molecule has 0 spiro atoms. The number of nitrogens with zero attached hydrogens (tertiary/aromatic N) is 4. The lowest BCUT2D eigenvalue weighted by Gasteiger charge is -2.35. The van der Waals surface area contributed by atoms with Gasteiger partial charge in [-0.2, -0.15) is 4.98 Å². The van der Waals surface area contributed by atoms with Crippen LogP contribution in [0.5, 0.6) is 0 Å². The minimum absolute atomic E-state index is 0.0791. The number of hydrogen-bond acceptors (Lipinski definition) is 7.